The molecule has 1 aromatic carbocycles. The minimum absolute atomic E-state index is 0.0264. The summed E-state index contributed by atoms with van der Waals surface area (Å²) >= 11 is 11.8. The van der Waals surface area contributed by atoms with E-state index in [-0.39, 0.29) is 16.5 Å². The first-order chi connectivity index (χ1) is 12.8. The van der Waals surface area contributed by atoms with E-state index in [0.29, 0.717) is 22.7 Å². The normalized spacial score (nSPS) is 14.6. The van der Waals surface area contributed by atoms with Crippen LogP contribution in [-0.4, -0.2) is 50.6 Å². The predicted molar refractivity (Wildman–Crippen MR) is 106 cm³/mol. The third-order valence-corrected chi connectivity index (χ3v) is 6.21. The van der Waals surface area contributed by atoms with E-state index in [9.17, 15) is 8.42 Å². The van der Waals surface area contributed by atoms with Gasteiger partial charge in [0, 0.05) is 27.2 Å². The van der Waals surface area contributed by atoms with Crippen molar-refractivity contribution in [2.75, 3.05) is 37.0 Å². The maximum absolute atomic E-state index is 12.5. The molecule has 1 aliphatic heterocycles. The molecular formula is C16H20Cl2N6O2S. The van der Waals surface area contributed by atoms with Crippen LogP contribution in [0.15, 0.2) is 23.1 Å². The van der Waals surface area contributed by atoms with Crippen LogP contribution in [0.4, 0.5) is 11.9 Å². The summed E-state index contributed by atoms with van der Waals surface area (Å²) in [6, 6.07) is 4.14. The van der Waals surface area contributed by atoms with Crippen LogP contribution in [0.3, 0.4) is 0 Å². The molecule has 27 heavy (non-hydrogen) atoms. The zero-order chi connectivity index (χ0) is 19.6. The Morgan fingerprint density at radius 2 is 1.81 bits per heavy atom. The van der Waals surface area contributed by atoms with Crippen molar-refractivity contribution in [3.8, 4) is 0 Å². The maximum atomic E-state index is 12.5. The SMILES string of the molecule is CN(C)c1nc(CNS(=O)(=O)c2ccc(Cl)c(Cl)c2)nc(N2CCCC2)n1. The smallest absolute Gasteiger partial charge is 0.241 e. The zero-order valence-corrected chi connectivity index (χ0v) is 17.3. The van der Waals surface area contributed by atoms with Gasteiger partial charge in [-0.2, -0.15) is 15.0 Å². The molecule has 0 spiro atoms. The van der Waals surface area contributed by atoms with Gasteiger partial charge in [0.05, 0.1) is 21.5 Å². The highest BCUT2D eigenvalue weighted by atomic mass is 35.5. The van der Waals surface area contributed by atoms with Crippen LogP contribution >= 0.6 is 23.2 Å². The number of aromatic nitrogens is 3. The summed E-state index contributed by atoms with van der Waals surface area (Å²) in [4.78, 5) is 17.1. The van der Waals surface area contributed by atoms with Crippen LogP contribution in [-0.2, 0) is 16.6 Å². The Morgan fingerprint density at radius 1 is 1.11 bits per heavy atom. The molecule has 11 heteroatoms. The lowest BCUT2D eigenvalue weighted by Crippen LogP contribution is -2.27. The van der Waals surface area contributed by atoms with Gasteiger partial charge in [-0.1, -0.05) is 23.2 Å². The highest BCUT2D eigenvalue weighted by Crippen LogP contribution is 2.25. The summed E-state index contributed by atoms with van der Waals surface area (Å²) in [5.74, 6) is 1.39. The number of nitrogens with zero attached hydrogens (tertiary/aromatic N) is 5. The second-order valence-electron chi connectivity index (χ2n) is 6.34. The van der Waals surface area contributed by atoms with Crippen molar-refractivity contribution in [3.63, 3.8) is 0 Å². The van der Waals surface area contributed by atoms with Crippen LogP contribution in [0.2, 0.25) is 10.0 Å². The molecule has 0 atom stereocenters. The molecule has 0 aliphatic carbocycles. The average Bonchev–Trinajstić information content (AvgIpc) is 3.17. The first kappa shape index (κ1) is 20.1. The van der Waals surface area contributed by atoms with Gasteiger partial charge >= 0.3 is 0 Å². The third-order valence-electron chi connectivity index (χ3n) is 4.07. The molecule has 1 saturated heterocycles. The number of sulfonamides is 1. The Morgan fingerprint density at radius 3 is 2.44 bits per heavy atom. The Labute approximate surface area is 168 Å². The van der Waals surface area contributed by atoms with Gasteiger partial charge in [-0.25, -0.2) is 13.1 Å². The van der Waals surface area contributed by atoms with E-state index in [4.69, 9.17) is 23.2 Å². The number of nitrogens with one attached hydrogen (secondary N) is 1. The van der Waals surface area contributed by atoms with Gasteiger partial charge < -0.3 is 9.80 Å². The second kappa shape index (κ2) is 8.14. The third kappa shape index (κ3) is 4.78. The number of halogens is 2. The fourth-order valence-corrected chi connectivity index (χ4v) is 3.99. The summed E-state index contributed by atoms with van der Waals surface area (Å²) in [5.41, 5.74) is 0. The summed E-state index contributed by atoms with van der Waals surface area (Å²) < 4.78 is 27.6. The van der Waals surface area contributed by atoms with Crippen molar-refractivity contribution < 1.29 is 8.42 Å². The lowest BCUT2D eigenvalue weighted by atomic mass is 10.4. The number of benzene rings is 1. The summed E-state index contributed by atoms with van der Waals surface area (Å²) in [6.45, 7) is 1.70. The zero-order valence-electron chi connectivity index (χ0n) is 15.0. The first-order valence-corrected chi connectivity index (χ1v) is 10.6. The fourth-order valence-electron chi connectivity index (χ4n) is 2.62. The van der Waals surface area contributed by atoms with Gasteiger partial charge in [-0.3, -0.25) is 0 Å². The minimum atomic E-state index is -3.78. The molecule has 0 radical (unpaired) electrons. The van der Waals surface area contributed by atoms with Crippen LogP contribution in [0, 0.1) is 0 Å². The van der Waals surface area contributed by atoms with E-state index in [0.717, 1.165) is 25.9 Å². The van der Waals surface area contributed by atoms with E-state index in [1.807, 2.05) is 14.1 Å². The molecule has 8 nitrogen and oxygen atoms in total. The largest absolute Gasteiger partial charge is 0.347 e. The number of rotatable bonds is 6. The van der Waals surface area contributed by atoms with Crippen molar-refractivity contribution in [1.82, 2.24) is 19.7 Å². The highest BCUT2D eigenvalue weighted by molar-refractivity contribution is 7.89. The van der Waals surface area contributed by atoms with E-state index < -0.39 is 10.0 Å². The molecule has 0 bridgehead atoms. The molecule has 3 rings (SSSR count). The Bertz CT molecular complexity index is 933. The van der Waals surface area contributed by atoms with E-state index in [1.54, 1.807) is 4.90 Å². The molecule has 146 valence electrons. The first-order valence-electron chi connectivity index (χ1n) is 8.38. The predicted octanol–water partition coefficient (Wildman–Crippen LogP) is 2.32. The van der Waals surface area contributed by atoms with Gasteiger partial charge in [0.2, 0.25) is 21.9 Å². The molecule has 1 aliphatic rings. The standard InChI is InChI=1S/C16H20Cl2N6O2S/c1-23(2)15-20-14(21-16(22-15)24-7-3-4-8-24)10-19-27(25,26)11-5-6-12(17)13(18)9-11/h5-6,9,19H,3-4,7-8,10H2,1-2H3. The molecule has 2 heterocycles. The lowest BCUT2D eigenvalue weighted by Gasteiger charge is -2.19. The van der Waals surface area contributed by atoms with Crippen LogP contribution in [0.1, 0.15) is 18.7 Å². The second-order valence-corrected chi connectivity index (χ2v) is 8.92. The van der Waals surface area contributed by atoms with Crippen molar-refractivity contribution in [2.45, 2.75) is 24.3 Å². The molecule has 1 aromatic heterocycles. The number of hydrogen-bond acceptors (Lipinski definition) is 7. The number of hydrogen-bond donors (Lipinski definition) is 1. The molecule has 0 unspecified atom stereocenters. The van der Waals surface area contributed by atoms with E-state index in [1.165, 1.54) is 18.2 Å². The van der Waals surface area contributed by atoms with E-state index in [2.05, 4.69) is 24.6 Å². The fraction of sp³-hybridized carbons (Fsp3) is 0.438. The van der Waals surface area contributed by atoms with Crippen LogP contribution in [0.5, 0.6) is 0 Å². The maximum Gasteiger partial charge on any atom is 0.241 e. The van der Waals surface area contributed by atoms with E-state index >= 15 is 0 Å². The molecule has 0 saturated carbocycles. The van der Waals surface area contributed by atoms with Crippen LogP contribution in [0.25, 0.3) is 0 Å². The number of anilines is 2. The Balaban J connectivity index is 1.82. The topological polar surface area (TPSA) is 91.3 Å². The molecule has 1 fully saturated rings. The summed E-state index contributed by atoms with van der Waals surface area (Å²) in [5, 5.41) is 0.463. The monoisotopic (exact) mass is 430 g/mol. The average molecular weight is 431 g/mol. The summed E-state index contributed by atoms with van der Waals surface area (Å²) in [6.07, 6.45) is 2.17. The van der Waals surface area contributed by atoms with Crippen molar-refractivity contribution in [1.29, 1.82) is 0 Å². The summed E-state index contributed by atoms with van der Waals surface area (Å²) in [7, 11) is -0.131. The minimum Gasteiger partial charge on any atom is -0.347 e. The molecule has 0 amide bonds. The van der Waals surface area contributed by atoms with Crippen molar-refractivity contribution in [3.05, 3.63) is 34.1 Å². The highest BCUT2D eigenvalue weighted by Gasteiger charge is 2.20. The van der Waals surface area contributed by atoms with Gasteiger partial charge in [0.25, 0.3) is 0 Å². The van der Waals surface area contributed by atoms with Gasteiger partial charge in [-0.15, -0.1) is 0 Å². The Kier molecular flexibility index (Phi) is 6.05. The van der Waals surface area contributed by atoms with Crippen molar-refractivity contribution >= 4 is 45.1 Å². The van der Waals surface area contributed by atoms with Crippen molar-refractivity contribution in [2.24, 2.45) is 0 Å². The van der Waals surface area contributed by atoms with Gasteiger partial charge in [0.1, 0.15) is 0 Å². The molecule has 2 aromatic rings. The van der Waals surface area contributed by atoms with Gasteiger partial charge in [-0.05, 0) is 31.0 Å². The molecule has 1 N–H and O–H groups in total. The molecular weight excluding hydrogens is 411 g/mol. The van der Waals surface area contributed by atoms with Gasteiger partial charge in [0.15, 0.2) is 5.82 Å². The Hall–Kier alpha value is -1.68. The van der Waals surface area contributed by atoms with Crippen LogP contribution < -0.4 is 14.5 Å². The quantitative estimate of drug-likeness (QED) is 0.751. The lowest BCUT2D eigenvalue weighted by molar-refractivity contribution is 0.579.